The second kappa shape index (κ2) is 11.0. The molecule has 2 N–H and O–H groups in total. The van der Waals surface area contributed by atoms with Gasteiger partial charge in [-0.3, -0.25) is 9.59 Å². The SMILES string of the molecule is COc1cc(/C=N\NC(=O)C(=O)NC2CCCCC2)ccc1OCc1ccccc1. The van der Waals surface area contributed by atoms with Crippen LogP contribution in [-0.4, -0.2) is 31.2 Å². The first-order chi connectivity index (χ1) is 14.7. The number of ether oxygens (including phenoxy) is 2. The monoisotopic (exact) mass is 409 g/mol. The number of hydrogen-bond acceptors (Lipinski definition) is 5. The highest BCUT2D eigenvalue weighted by Crippen LogP contribution is 2.28. The van der Waals surface area contributed by atoms with Crippen LogP contribution in [0.25, 0.3) is 0 Å². The van der Waals surface area contributed by atoms with Gasteiger partial charge in [-0.25, -0.2) is 5.43 Å². The Balaban J connectivity index is 1.52. The molecular formula is C23H27N3O4. The molecule has 1 saturated carbocycles. The molecule has 2 aromatic carbocycles. The molecule has 0 atom stereocenters. The maximum Gasteiger partial charge on any atom is 0.329 e. The van der Waals surface area contributed by atoms with E-state index in [4.69, 9.17) is 9.47 Å². The van der Waals surface area contributed by atoms with Gasteiger partial charge in [0.15, 0.2) is 11.5 Å². The van der Waals surface area contributed by atoms with Crippen LogP contribution in [0, 0.1) is 0 Å². The summed E-state index contributed by atoms with van der Waals surface area (Å²) in [6.07, 6.45) is 6.63. The molecule has 0 saturated heterocycles. The fourth-order valence-electron chi connectivity index (χ4n) is 3.33. The summed E-state index contributed by atoms with van der Waals surface area (Å²) in [7, 11) is 1.56. The van der Waals surface area contributed by atoms with E-state index >= 15 is 0 Å². The molecule has 0 aliphatic heterocycles. The summed E-state index contributed by atoms with van der Waals surface area (Å²) in [5.74, 6) is -0.265. The van der Waals surface area contributed by atoms with Crippen LogP contribution in [0.5, 0.6) is 11.5 Å². The van der Waals surface area contributed by atoms with Crippen molar-refractivity contribution in [2.24, 2.45) is 5.10 Å². The van der Waals surface area contributed by atoms with E-state index in [0.717, 1.165) is 31.2 Å². The summed E-state index contributed by atoms with van der Waals surface area (Å²) >= 11 is 0. The first-order valence-electron chi connectivity index (χ1n) is 10.1. The Bertz CT molecular complexity index is 877. The van der Waals surface area contributed by atoms with Crippen LogP contribution in [0.4, 0.5) is 0 Å². The van der Waals surface area contributed by atoms with Gasteiger partial charge < -0.3 is 14.8 Å². The Labute approximate surface area is 176 Å². The van der Waals surface area contributed by atoms with Gasteiger partial charge in [0.1, 0.15) is 6.61 Å². The highest BCUT2D eigenvalue weighted by Gasteiger charge is 2.19. The minimum absolute atomic E-state index is 0.0775. The van der Waals surface area contributed by atoms with E-state index in [1.807, 2.05) is 30.3 Å². The van der Waals surface area contributed by atoms with Gasteiger partial charge >= 0.3 is 11.8 Å². The van der Waals surface area contributed by atoms with Crippen LogP contribution in [-0.2, 0) is 16.2 Å². The minimum Gasteiger partial charge on any atom is -0.493 e. The summed E-state index contributed by atoms with van der Waals surface area (Å²) in [5, 5.41) is 6.63. The number of methoxy groups -OCH3 is 1. The van der Waals surface area contributed by atoms with Gasteiger partial charge in [0.2, 0.25) is 0 Å². The third-order valence-corrected chi connectivity index (χ3v) is 4.95. The lowest BCUT2D eigenvalue weighted by atomic mass is 9.95. The normalized spacial score (nSPS) is 14.3. The Morgan fingerprint density at radius 1 is 1.03 bits per heavy atom. The zero-order valence-electron chi connectivity index (χ0n) is 17.1. The zero-order valence-corrected chi connectivity index (χ0v) is 17.1. The standard InChI is InChI=1S/C23H27N3O4/c1-29-21-14-18(12-13-20(21)30-16-17-8-4-2-5-9-17)15-24-26-23(28)22(27)25-19-10-6-3-7-11-19/h2,4-5,8-9,12-15,19H,3,6-7,10-11,16H2,1H3,(H,25,27)(H,26,28)/b24-15-. The van der Waals surface area contributed by atoms with Crippen molar-refractivity contribution in [3.63, 3.8) is 0 Å². The van der Waals surface area contributed by atoms with Gasteiger partial charge in [-0.1, -0.05) is 49.6 Å². The predicted octanol–water partition coefficient (Wildman–Crippen LogP) is 3.17. The van der Waals surface area contributed by atoms with Crippen molar-refractivity contribution in [1.82, 2.24) is 10.7 Å². The maximum atomic E-state index is 12.0. The summed E-state index contributed by atoms with van der Waals surface area (Å²) < 4.78 is 11.2. The zero-order chi connectivity index (χ0) is 21.2. The van der Waals surface area contributed by atoms with Gasteiger partial charge in [-0.05, 0) is 42.2 Å². The molecule has 2 amide bonds. The fourth-order valence-corrected chi connectivity index (χ4v) is 3.33. The summed E-state index contributed by atoms with van der Waals surface area (Å²) in [5.41, 5.74) is 4.02. The lowest BCUT2D eigenvalue weighted by Gasteiger charge is -2.22. The number of nitrogens with zero attached hydrogens (tertiary/aromatic N) is 1. The lowest BCUT2D eigenvalue weighted by Crippen LogP contribution is -2.44. The smallest absolute Gasteiger partial charge is 0.329 e. The molecule has 158 valence electrons. The predicted molar refractivity (Wildman–Crippen MR) is 115 cm³/mol. The van der Waals surface area contributed by atoms with E-state index in [0.29, 0.717) is 23.7 Å². The van der Waals surface area contributed by atoms with Crippen molar-refractivity contribution in [3.05, 3.63) is 59.7 Å². The number of hydrazone groups is 1. The van der Waals surface area contributed by atoms with E-state index in [9.17, 15) is 9.59 Å². The van der Waals surface area contributed by atoms with Gasteiger partial charge in [-0.2, -0.15) is 5.10 Å². The van der Waals surface area contributed by atoms with E-state index in [1.54, 1.807) is 25.3 Å². The van der Waals surface area contributed by atoms with Crippen molar-refractivity contribution in [2.75, 3.05) is 7.11 Å². The van der Waals surface area contributed by atoms with Gasteiger partial charge in [-0.15, -0.1) is 0 Å². The summed E-state index contributed by atoms with van der Waals surface area (Å²) in [6.45, 7) is 0.427. The molecule has 1 aliphatic rings. The van der Waals surface area contributed by atoms with Crippen molar-refractivity contribution in [1.29, 1.82) is 0 Å². The van der Waals surface area contributed by atoms with Crippen molar-refractivity contribution in [2.45, 2.75) is 44.8 Å². The molecule has 0 bridgehead atoms. The molecular weight excluding hydrogens is 382 g/mol. The molecule has 0 unspecified atom stereocenters. The van der Waals surface area contributed by atoms with E-state index in [-0.39, 0.29) is 6.04 Å². The highest BCUT2D eigenvalue weighted by atomic mass is 16.5. The lowest BCUT2D eigenvalue weighted by molar-refractivity contribution is -0.139. The number of carbonyl (C=O) groups excluding carboxylic acids is 2. The first-order valence-corrected chi connectivity index (χ1v) is 10.1. The van der Waals surface area contributed by atoms with Crippen LogP contribution in [0.1, 0.15) is 43.2 Å². The Kier molecular flexibility index (Phi) is 7.83. The molecule has 0 radical (unpaired) electrons. The molecule has 0 aromatic heterocycles. The number of hydrogen-bond donors (Lipinski definition) is 2. The second-order valence-electron chi connectivity index (χ2n) is 7.19. The Morgan fingerprint density at radius 2 is 1.80 bits per heavy atom. The van der Waals surface area contributed by atoms with E-state index in [1.165, 1.54) is 12.6 Å². The highest BCUT2D eigenvalue weighted by molar-refractivity contribution is 6.35. The molecule has 0 heterocycles. The van der Waals surface area contributed by atoms with Crippen LogP contribution >= 0.6 is 0 Å². The summed E-state index contributed by atoms with van der Waals surface area (Å²) in [4.78, 5) is 23.9. The molecule has 3 rings (SSSR count). The van der Waals surface area contributed by atoms with E-state index in [2.05, 4.69) is 15.8 Å². The molecule has 2 aromatic rings. The average Bonchev–Trinajstić information content (AvgIpc) is 2.79. The first kappa shape index (κ1) is 21.4. The largest absolute Gasteiger partial charge is 0.493 e. The molecule has 0 spiro atoms. The third kappa shape index (κ3) is 6.34. The summed E-state index contributed by atoms with van der Waals surface area (Å²) in [6, 6.07) is 15.2. The van der Waals surface area contributed by atoms with Gasteiger partial charge in [0.05, 0.1) is 13.3 Å². The van der Waals surface area contributed by atoms with Gasteiger partial charge in [0.25, 0.3) is 0 Å². The molecule has 30 heavy (non-hydrogen) atoms. The minimum atomic E-state index is -0.772. The molecule has 1 fully saturated rings. The Morgan fingerprint density at radius 3 is 2.53 bits per heavy atom. The van der Waals surface area contributed by atoms with E-state index < -0.39 is 11.8 Å². The quantitative estimate of drug-likeness (QED) is 0.418. The van der Waals surface area contributed by atoms with Crippen LogP contribution < -0.4 is 20.2 Å². The number of carbonyl (C=O) groups is 2. The average molecular weight is 409 g/mol. The van der Waals surface area contributed by atoms with Crippen LogP contribution in [0.3, 0.4) is 0 Å². The van der Waals surface area contributed by atoms with Crippen molar-refractivity contribution < 1.29 is 19.1 Å². The number of nitrogens with one attached hydrogen (secondary N) is 2. The molecule has 7 nitrogen and oxygen atoms in total. The van der Waals surface area contributed by atoms with Crippen molar-refractivity contribution in [3.8, 4) is 11.5 Å². The fraction of sp³-hybridized carbons (Fsp3) is 0.348. The number of amides is 2. The topological polar surface area (TPSA) is 89.0 Å². The Hall–Kier alpha value is -3.35. The molecule has 1 aliphatic carbocycles. The van der Waals surface area contributed by atoms with Crippen LogP contribution in [0.2, 0.25) is 0 Å². The van der Waals surface area contributed by atoms with Gasteiger partial charge in [0, 0.05) is 6.04 Å². The van der Waals surface area contributed by atoms with Crippen molar-refractivity contribution >= 4 is 18.0 Å². The number of rotatable bonds is 7. The third-order valence-electron chi connectivity index (χ3n) is 4.95. The molecule has 7 heteroatoms. The second-order valence-corrected chi connectivity index (χ2v) is 7.19. The maximum absolute atomic E-state index is 12.0. The number of benzene rings is 2. The van der Waals surface area contributed by atoms with Crippen LogP contribution in [0.15, 0.2) is 53.6 Å².